The molecule has 0 atom stereocenters. The van der Waals surface area contributed by atoms with Crippen molar-refractivity contribution in [1.82, 2.24) is 4.98 Å². The number of carbonyl (C=O) groups excluding carboxylic acids is 1. The Hall–Kier alpha value is -2.38. The second kappa shape index (κ2) is 9.89. The molecule has 0 N–H and O–H groups in total. The van der Waals surface area contributed by atoms with E-state index in [9.17, 15) is 4.79 Å². The summed E-state index contributed by atoms with van der Waals surface area (Å²) in [6.07, 6.45) is 0.195. The van der Waals surface area contributed by atoms with Gasteiger partial charge in [-0.15, -0.1) is 11.3 Å². The zero-order valence-electron chi connectivity index (χ0n) is 16.6. The van der Waals surface area contributed by atoms with Gasteiger partial charge in [-0.2, -0.15) is 0 Å². The maximum Gasteiger partial charge on any atom is 0.237 e. The Morgan fingerprint density at radius 2 is 1.76 bits per heavy atom. The second-order valence-electron chi connectivity index (χ2n) is 6.27. The van der Waals surface area contributed by atoms with E-state index in [0.29, 0.717) is 29.8 Å². The molecule has 0 fully saturated rings. The number of amides is 1. The zero-order valence-corrected chi connectivity index (χ0v) is 19.0. The molecule has 5 nitrogen and oxygen atoms in total. The molecule has 0 aliphatic heterocycles. The molecule has 1 amide bonds. The number of nitrogens with zero attached hydrogens (tertiary/aromatic N) is 2. The van der Waals surface area contributed by atoms with Crippen LogP contribution >= 0.6 is 27.3 Å². The molecule has 0 unspecified atom stereocenters. The lowest BCUT2D eigenvalue weighted by atomic mass is 10.1. The molecule has 1 heterocycles. The first-order chi connectivity index (χ1) is 14.0. The van der Waals surface area contributed by atoms with Crippen LogP contribution < -0.4 is 14.4 Å². The van der Waals surface area contributed by atoms with Gasteiger partial charge >= 0.3 is 0 Å². The van der Waals surface area contributed by atoms with Gasteiger partial charge in [0.15, 0.2) is 16.6 Å². The van der Waals surface area contributed by atoms with Crippen molar-refractivity contribution in [3.63, 3.8) is 0 Å². The van der Waals surface area contributed by atoms with Crippen molar-refractivity contribution < 1.29 is 14.3 Å². The van der Waals surface area contributed by atoms with Gasteiger partial charge < -0.3 is 9.47 Å². The minimum Gasteiger partial charge on any atom is -0.490 e. The standard InChI is InChI=1S/C22H23BrN2O3S/c1-4-27-19-11-16(18(23)13-20(19)28-5-2)12-21(26)25(17-9-7-6-8-10-17)22-24-15(3)14-29-22/h6-11,13-14H,4-5,12H2,1-3H3. The fraction of sp³-hybridized carbons (Fsp3) is 0.273. The molecule has 7 heteroatoms. The Kier molecular flexibility index (Phi) is 7.28. The van der Waals surface area contributed by atoms with Crippen LogP contribution in [0.15, 0.2) is 52.3 Å². The molecule has 0 saturated carbocycles. The molecule has 2 aromatic carbocycles. The van der Waals surface area contributed by atoms with Gasteiger partial charge in [-0.05, 0) is 50.6 Å². The molecule has 1 aromatic heterocycles. The summed E-state index contributed by atoms with van der Waals surface area (Å²) < 4.78 is 12.2. The minimum atomic E-state index is -0.0714. The first-order valence-corrected chi connectivity index (χ1v) is 11.1. The van der Waals surface area contributed by atoms with E-state index >= 15 is 0 Å². The van der Waals surface area contributed by atoms with Gasteiger partial charge in [-0.3, -0.25) is 9.69 Å². The highest BCUT2D eigenvalue weighted by molar-refractivity contribution is 9.10. The van der Waals surface area contributed by atoms with E-state index in [1.165, 1.54) is 11.3 Å². The molecule has 3 aromatic rings. The van der Waals surface area contributed by atoms with Crippen LogP contribution in [0.2, 0.25) is 0 Å². The summed E-state index contributed by atoms with van der Waals surface area (Å²) in [5.41, 5.74) is 2.51. The zero-order chi connectivity index (χ0) is 20.8. The van der Waals surface area contributed by atoms with Crippen LogP contribution in [-0.2, 0) is 11.2 Å². The molecule has 3 rings (SSSR count). The van der Waals surface area contributed by atoms with E-state index in [-0.39, 0.29) is 12.3 Å². The van der Waals surface area contributed by atoms with Crippen LogP contribution in [0, 0.1) is 6.92 Å². The maximum atomic E-state index is 13.4. The van der Waals surface area contributed by atoms with Gasteiger partial charge in [0.25, 0.3) is 0 Å². The van der Waals surface area contributed by atoms with Crippen molar-refractivity contribution in [2.75, 3.05) is 18.1 Å². The third-order valence-corrected chi connectivity index (χ3v) is 5.80. The van der Waals surface area contributed by atoms with E-state index in [1.807, 2.05) is 68.6 Å². The summed E-state index contributed by atoms with van der Waals surface area (Å²) >= 11 is 5.03. The first-order valence-electron chi connectivity index (χ1n) is 9.41. The largest absolute Gasteiger partial charge is 0.490 e. The molecular weight excluding hydrogens is 452 g/mol. The van der Waals surface area contributed by atoms with Crippen LogP contribution in [-0.4, -0.2) is 24.1 Å². The van der Waals surface area contributed by atoms with Gasteiger partial charge in [0, 0.05) is 9.85 Å². The van der Waals surface area contributed by atoms with E-state index in [4.69, 9.17) is 9.47 Å². The topological polar surface area (TPSA) is 51.7 Å². The Morgan fingerprint density at radius 3 is 2.34 bits per heavy atom. The van der Waals surface area contributed by atoms with E-state index in [1.54, 1.807) is 4.90 Å². The van der Waals surface area contributed by atoms with Crippen molar-refractivity contribution in [2.45, 2.75) is 27.2 Å². The molecule has 0 bridgehead atoms. The van der Waals surface area contributed by atoms with E-state index in [2.05, 4.69) is 20.9 Å². The normalized spacial score (nSPS) is 10.6. The predicted molar refractivity (Wildman–Crippen MR) is 121 cm³/mol. The van der Waals surface area contributed by atoms with Gasteiger partial charge in [0.2, 0.25) is 5.91 Å². The molecule has 0 radical (unpaired) electrons. The van der Waals surface area contributed by atoms with Crippen molar-refractivity contribution >= 4 is 44.0 Å². The number of aromatic nitrogens is 1. The number of carbonyl (C=O) groups is 1. The summed E-state index contributed by atoms with van der Waals surface area (Å²) in [6, 6.07) is 13.3. The first kappa shape index (κ1) is 21.3. The van der Waals surface area contributed by atoms with Crippen LogP contribution in [0.3, 0.4) is 0 Å². The molecule has 0 aliphatic rings. The lowest BCUT2D eigenvalue weighted by Gasteiger charge is -2.21. The number of hydrogen-bond donors (Lipinski definition) is 0. The van der Waals surface area contributed by atoms with Gasteiger partial charge in [-0.25, -0.2) is 4.98 Å². The Balaban J connectivity index is 1.94. The number of para-hydroxylation sites is 1. The highest BCUT2D eigenvalue weighted by Crippen LogP contribution is 2.35. The van der Waals surface area contributed by atoms with E-state index < -0.39 is 0 Å². The Morgan fingerprint density at radius 1 is 1.10 bits per heavy atom. The molecule has 0 saturated heterocycles. The number of halogens is 1. The fourth-order valence-corrected chi connectivity index (χ4v) is 4.17. The number of benzene rings is 2. The predicted octanol–water partition coefficient (Wildman–Crippen LogP) is 5.92. The number of anilines is 2. The van der Waals surface area contributed by atoms with E-state index in [0.717, 1.165) is 21.4 Å². The van der Waals surface area contributed by atoms with Gasteiger partial charge in [0.1, 0.15) is 0 Å². The maximum absolute atomic E-state index is 13.4. The number of thiazole rings is 1. The number of aryl methyl sites for hydroxylation is 1. The second-order valence-corrected chi connectivity index (χ2v) is 7.96. The summed E-state index contributed by atoms with van der Waals surface area (Å²) in [7, 11) is 0. The average Bonchev–Trinajstić information content (AvgIpc) is 3.12. The summed E-state index contributed by atoms with van der Waals surface area (Å²) in [5, 5.41) is 2.60. The summed E-state index contributed by atoms with van der Waals surface area (Å²) in [6.45, 7) is 6.82. The number of rotatable bonds is 8. The SMILES string of the molecule is CCOc1cc(Br)c(CC(=O)N(c2ccccc2)c2nc(C)cs2)cc1OCC. The van der Waals surface area contributed by atoms with Crippen molar-refractivity contribution in [1.29, 1.82) is 0 Å². The number of hydrogen-bond acceptors (Lipinski definition) is 5. The molecular formula is C22H23BrN2O3S. The van der Waals surface area contributed by atoms with Crippen LogP contribution in [0.4, 0.5) is 10.8 Å². The molecule has 0 spiro atoms. The van der Waals surface area contributed by atoms with Crippen molar-refractivity contribution in [3.05, 3.63) is 63.6 Å². The molecule has 152 valence electrons. The van der Waals surface area contributed by atoms with Gasteiger partial charge in [-0.1, -0.05) is 34.1 Å². The van der Waals surface area contributed by atoms with Crippen molar-refractivity contribution in [3.8, 4) is 11.5 Å². The monoisotopic (exact) mass is 474 g/mol. The minimum absolute atomic E-state index is 0.0714. The highest BCUT2D eigenvalue weighted by atomic mass is 79.9. The van der Waals surface area contributed by atoms with Crippen LogP contribution in [0.25, 0.3) is 0 Å². The Labute approximate surface area is 183 Å². The number of ether oxygens (including phenoxy) is 2. The lowest BCUT2D eigenvalue weighted by molar-refractivity contribution is -0.117. The fourth-order valence-electron chi connectivity index (χ4n) is 2.87. The van der Waals surface area contributed by atoms with Crippen LogP contribution in [0.1, 0.15) is 25.1 Å². The third kappa shape index (κ3) is 5.16. The smallest absolute Gasteiger partial charge is 0.237 e. The lowest BCUT2D eigenvalue weighted by Crippen LogP contribution is -2.27. The highest BCUT2D eigenvalue weighted by Gasteiger charge is 2.23. The van der Waals surface area contributed by atoms with Crippen molar-refractivity contribution in [2.24, 2.45) is 0 Å². The average molecular weight is 475 g/mol. The Bertz CT molecular complexity index is 975. The summed E-state index contributed by atoms with van der Waals surface area (Å²) in [5.74, 6) is 1.22. The van der Waals surface area contributed by atoms with Gasteiger partial charge in [0.05, 0.1) is 31.0 Å². The summed E-state index contributed by atoms with van der Waals surface area (Å²) in [4.78, 5) is 19.5. The quantitative estimate of drug-likeness (QED) is 0.406. The van der Waals surface area contributed by atoms with Crippen LogP contribution in [0.5, 0.6) is 11.5 Å². The molecule has 0 aliphatic carbocycles. The molecule has 29 heavy (non-hydrogen) atoms. The third-order valence-electron chi connectivity index (χ3n) is 4.12.